The van der Waals surface area contributed by atoms with Crippen LogP contribution in [0.2, 0.25) is 0 Å². The first kappa shape index (κ1) is 13.1. The number of aryl methyl sites for hydroxylation is 1. The molecule has 19 heavy (non-hydrogen) atoms. The smallest absolute Gasteiger partial charge is 0.226 e. The molecular weight excluding hydrogens is 242 g/mol. The fourth-order valence-corrected chi connectivity index (χ4v) is 3.30. The highest BCUT2D eigenvalue weighted by molar-refractivity contribution is 4.94. The zero-order valence-electron chi connectivity index (χ0n) is 11.7. The average molecular weight is 265 g/mol. The second-order valence-corrected chi connectivity index (χ2v) is 5.80. The van der Waals surface area contributed by atoms with Crippen LogP contribution in [0.4, 0.5) is 0 Å². The van der Waals surface area contributed by atoms with Crippen molar-refractivity contribution in [3.8, 4) is 0 Å². The van der Waals surface area contributed by atoms with E-state index in [2.05, 4.69) is 15.5 Å². The predicted octanol–water partition coefficient (Wildman–Crippen LogP) is 1.72. The Balaban J connectivity index is 1.61. The third-order valence-electron chi connectivity index (χ3n) is 4.40. The Hall–Kier alpha value is -0.940. The number of nitrogens with one attached hydrogen (secondary N) is 1. The van der Waals surface area contributed by atoms with Gasteiger partial charge in [0.05, 0.1) is 5.60 Å². The highest BCUT2D eigenvalue weighted by Crippen LogP contribution is 2.37. The summed E-state index contributed by atoms with van der Waals surface area (Å²) < 4.78 is 11.4. The van der Waals surface area contributed by atoms with Crippen molar-refractivity contribution in [1.82, 2.24) is 15.5 Å². The fraction of sp³-hybridized carbons (Fsp3) is 0.857. The van der Waals surface area contributed by atoms with Gasteiger partial charge in [-0.05, 0) is 44.7 Å². The lowest BCUT2D eigenvalue weighted by Crippen LogP contribution is -2.48. The van der Waals surface area contributed by atoms with Gasteiger partial charge in [0.1, 0.15) is 0 Å². The van der Waals surface area contributed by atoms with Gasteiger partial charge in [-0.1, -0.05) is 12.1 Å². The van der Waals surface area contributed by atoms with Crippen molar-refractivity contribution in [2.75, 3.05) is 19.7 Å². The number of rotatable bonds is 3. The molecule has 2 aliphatic heterocycles. The molecule has 2 fully saturated rings. The van der Waals surface area contributed by atoms with Crippen molar-refractivity contribution in [3.05, 3.63) is 11.7 Å². The summed E-state index contributed by atoms with van der Waals surface area (Å²) in [6, 6.07) is 0. The monoisotopic (exact) mass is 265 g/mol. The summed E-state index contributed by atoms with van der Waals surface area (Å²) >= 11 is 0. The van der Waals surface area contributed by atoms with Crippen LogP contribution in [0.15, 0.2) is 4.52 Å². The molecule has 5 heteroatoms. The second kappa shape index (κ2) is 5.59. The van der Waals surface area contributed by atoms with E-state index >= 15 is 0 Å². The quantitative estimate of drug-likeness (QED) is 0.901. The van der Waals surface area contributed by atoms with Crippen LogP contribution in [0.25, 0.3) is 0 Å². The Kier molecular flexibility index (Phi) is 3.84. The van der Waals surface area contributed by atoms with E-state index in [0.29, 0.717) is 5.92 Å². The molecule has 0 bridgehead atoms. The molecule has 0 aliphatic carbocycles. The van der Waals surface area contributed by atoms with E-state index in [1.807, 2.05) is 6.92 Å². The van der Waals surface area contributed by atoms with Gasteiger partial charge in [-0.2, -0.15) is 4.98 Å². The molecule has 0 aromatic carbocycles. The van der Waals surface area contributed by atoms with E-state index in [0.717, 1.165) is 69.9 Å². The number of hydrogen-bond donors (Lipinski definition) is 1. The zero-order chi connectivity index (χ0) is 13.1. The SMILES string of the molecule is CCc1noc(C[C@@H]2CCOC3(CCNCC3)C2)n1. The Morgan fingerprint density at radius 1 is 1.37 bits per heavy atom. The summed E-state index contributed by atoms with van der Waals surface area (Å²) in [7, 11) is 0. The standard InChI is InChI=1S/C14H23N3O2/c1-2-12-16-13(19-17-12)9-11-3-8-18-14(10-11)4-6-15-7-5-14/h11,15H,2-10H2,1H3/t11-/m0/s1. The maximum Gasteiger partial charge on any atom is 0.226 e. The minimum atomic E-state index is 0.113. The first-order valence-corrected chi connectivity index (χ1v) is 7.46. The molecule has 3 heterocycles. The maximum atomic E-state index is 6.09. The van der Waals surface area contributed by atoms with Gasteiger partial charge in [-0.15, -0.1) is 0 Å². The van der Waals surface area contributed by atoms with Crippen LogP contribution in [0.5, 0.6) is 0 Å². The highest BCUT2D eigenvalue weighted by Gasteiger charge is 2.38. The average Bonchev–Trinajstić information content (AvgIpc) is 2.87. The Morgan fingerprint density at radius 3 is 2.95 bits per heavy atom. The predicted molar refractivity (Wildman–Crippen MR) is 70.9 cm³/mol. The molecule has 1 atom stereocenters. The van der Waals surface area contributed by atoms with E-state index in [9.17, 15) is 0 Å². The zero-order valence-corrected chi connectivity index (χ0v) is 11.7. The van der Waals surface area contributed by atoms with Crippen LogP contribution in [-0.4, -0.2) is 35.4 Å². The Morgan fingerprint density at radius 2 is 2.21 bits per heavy atom. The van der Waals surface area contributed by atoms with Crippen molar-refractivity contribution in [2.45, 2.75) is 51.0 Å². The number of aromatic nitrogens is 2. The molecule has 0 amide bonds. The molecule has 106 valence electrons. The number of hydrogen-bond acceptors (Lipinski definition) is 5. The van der Waals surface area contributed by atoms with Gasteiger partial charge in [0.15, 0.2) is 5.82 Å². The molecule has 1 spiro atoms. The molecule has 0 saturated carbocycles. The molecule has 1 aromatic heterocycles. The lowest BCUT2D eigenvalue weighted by Gasteiger charge is -2.43. The van der Waals surface area contributed by atoms with Gasteiger partial charge in [0.2, 0.25) is 5.89 Å². The van der Waals surface area contributed by atoms with Crippen LogP contribution >= 0.6 is 0 Å². The lowest BCUT2D eigenvalue weighted by atomic mass is 9.79. The van der Waals surface area contributed by atoms with E-state index < -0.39 is 0 Å². The molecule has 2 saturated heterocycles. The summed E-state index contributed by atoms with van der Waals surface area (Å²) in [6.45, 7) is 5.08. The van der Waals surface area contributed by atoms with Gasteiger partial charge in [0, 0.05) is 19.4 Å². The third kappa shape index (κ3) is 2.98. The van der Waals surface area contributed by atoms with Crippen molar-refractivity contribution in [1.29, 1.82) is 0 Å². The topological polar surface area (TPSA) is 60.2 Å². The third-order valence-corrected chi connectivity index (χ3v) is 4.40. The molecule has 0 unspecified atom stereocenters. The Labute approximate surface area is 114 Å². The van der Waals surface area contributed by atoms with E-state index in [-0.39, 0.29) is 5.60 Å². The van der Waals surface area contributed by atoms with Gasteiger partial charge >= 0.3 is 0 Å². The van der Waals surface area contributed by atoms with Crippen molar-refractivity contribution in [2.24, 2.45) is 5.92 Å². The summed E-state index contributed by atoms with van der Waals surface area (Å²) in [6.07, 6.45) is 6.26. The van der Waals surface area contributed by atoms with Crippen LogP contribution in [-0.2, 0) is 17.6 Å². The molecule has 5 nitrogen and oxygen atoms in total. The van der Waals surface area contributed by atoms with E-state index in [1.54, 1.807) is 0 Å². The van der Waals surface area contributed by atoms with Crippen LogP contribution in [0.3, 0.4) is 0 Å². The van der Waals surface area contributed by atoms with Crippen molar-refractivity contribution < 1.29 is 9.26 Å². The number of piperidine rings is 1. The lowest BCUT2D eigenvalue weighted by molar-refractivity contribution is -0.114. The summed E-state index contributed by atoms with van der Waals surface area (Å²) in [5.41, 5.74) is 0.113. The number of nitrogens with zero attached hydrogens (tertiary/aromatic N) is 2. The molecular formula is C14H23N3O2. The minimum absolute atomic E-state index is 0.113. The van der Waals surface area contributed by atoms with Crippen LogP contribution in [0.1, 0.15) is 44.3 Å². The van der Waals surface area contributed by atoms with E-state index in [1.165, 1.54) is 0 Å². The Bertz CT molecular complexity index is 407. The van der Waals surface area contributed by atoms with Gasteiger partial charge < -0.3 is 14.6 Å². The summed E-state index contributed by atoms with van der Waals surface area (Å²) in [5.74, 6) is 2.24. The second-order valence-electron chi connectivity index (χ2n) is 5.80. The van der Waals surface area contributed by atoms with Gasteiger partial charge in [0.25, 0.3) is 0 Å². The molecule has 3 rings (SSSR count). The van der Waals surface area contributed by atoms with Crippen LogP contribution in [0, 0.1) is 5.92 Å². The van der Waals surface area contributed by atoms with Crippen molar-refractivity contribution >= 4 is 0 Å². The van der Waals surface area contributed by atoms with E-state index in [4.69, 9.17) is 9.26 Å². The molecule has 0 radical (unpaired) electrons. The van der Waals surface area contributed by atoms with Crippen molar-refractivity contribution in [3.63, 3.8) is 0 Å². The maximum absolute atomic E-state index is 6.09. The largest absolute Gasteiger partial charge is 0.375 e. The first-order chi connectivity index (χ1) is 9.30. The highest BCUT2D eigenvalue weighted by atomic mass is 16.5. The summed E-state index contributed by atoms with van der Waals surface area (Å²) in [5, 5.41) is 7.39. The molecule has 1 aromatic rings. The number of ether oxygens (including phenoxy) is 1. The van der Waals surface area contributed by atoms with Gasteiger partial charge in [-0.25, -0.2) is 0 Å². The normalized spacial score (nSPS) is 26.7. The van der Waals surface area contributed by atoms with Gasteiger partial charge in [-0.3, -0.25) is 0 Å². The first-order valence-electron chi connectivity index (χ1n) is 7.46. The summed E-state index contributed by atoms with van der Waals surface area (Å²) in [4.78, 5) is 4.43. The van der Waals surface area contributed by atoms with Crippen LogP contribution < -0.4 is 5.32 Å². The minimum Gasteiger partial charge on any atom is -0.375 e. The molecule has 2 aliphatic rings. The molecule has 1 N–H and O–H groups in total. The fourth-order valence-electron chi connectivity index (χ4n) is 3.30.